The second-order valence-electron chi connectivity index (χ2n) is 15.0. The van der Waals surface area contributed by atoms with Gasteiger partial charge in [0.05, 0.1) is 0 Å². The Morgan fingerprint density at radius 2 is 0.737 bits per heavy atom. The maximum Gasteiger partial charge on any atom is 0.0462 e. The zero-order valence-electron chi connectivity index (χ0n) is 32.2. The molecule has 0 bridgehead atoms. The van der Waals surface area contributed by atoms with E-state index in [4.69, 9.17) is 0 Å². The first-order valence-electron chi connectivity index (χ1n) is 20.0. The fourth-order valence-corrected chi connectivity index (χ4v) is 8.15. The van der Waals surface area contributed by atoms with Crippen LogP contribution >= 0.6 is 0 Å². The van der Waals surface area contributed by atoms with Crippen LogP contribution in [0.4, 0.5) is 17.1 Å². The Bertz CT molecular complexity index is 2490. The molecule has 0 spiro atoms. The molecule has 0 heterocycles. The number of allylic oxidation sites excluding steroid dienone is 4. The molecule has 0 saturated heterocycles. The predicted octanol–water partition coefficient (Wildman–Crippen LogP) is 15.6. The minimum Gasteiger partial charge on any atom is -0.311 e. The van der Waals surface area contributed by atoms with Gasteiger partial charge in [0.25, 0.3) is 0 Å². The van der Waals surface area contributed by atoms with Gasteiger partial charge in [-0.25, -0.2) is 0 Å². The zero-order valence-corrected chi connectivity index (χ0v) is 32.2. The average Bonchev–Trinajstić information content (AvgIpc) is 3.49. The molecule has 0 aromatic heterocycles. The summed E-state index contributed by atoms with van der Waals surface area (Å²) >= 11 is 0. The van der Waals surface area contributed by atoms with Crippen LogP contribution < -0.4 is 4.90 Å². The maximum atomic E-state index is 2.49. The molecule has 1 aliphatic rings. The maximum absolute atomic E-state index is 2.49. The molecule has 0 N–H and O–H groups in total. The van der Waals surface area contributed by atoms with Crippen LogP contribution in [0.25, 0.3) is 50.1 Å². The summed E-state index contributed by atoms with van der Waals surface area (Å²) in [6.45, 7) is 2.32. The molecule has 1 heteroatoms. The predicted molar refractivity (Wildman–Crippen MR) is 243 cm³/mol. The standard InChI is InChI=1S/C56H45N/c1-41-14-11-21-52(40-56(41)47-19-9-4-10-20-47)46-30-36-55(37-31-46)57(53-32-26-44(27-33-53)50-24-12-22-48(38-50)42-15-5-2-6-16-42)54-34-28-45(29-35-54)51-25-13-23-49(39-51)43-17-7-3-8-18-43/h2-20,22-41,56H,21H2,1H3. The Hall–Kier alpha value is -6.96. The summed E-state index contributed by atoms with van der Waals surface area (Å²) in [6, 6.07) is 76.9. The summed E-state index contributed by atoms with van der Waals surface area (Å²) in [5.41, 5.74) is 17.0. The molecule has 0 radical (unpaired) electrons. The number of hydrogen-bond acceptors (Lipinski definition) is 1. The van der Waals surface area contributed by atoms with Crippen molar-refractivity contribution in [2.45, 2.75) is 19.3 Å². The van der Waals surface area contributed by atoms with E-state index in [2.05, 4.69) is 242 Å². The van der Waals surface area contributed by atoms with Crippen LogP contribution in [0.15, 0.2) is 231 Å². The van der Waals surface area contributed by atoms with Crippen molar-refractivity contribution in [3.05, 3.63) is 242 Å². The van der Waals surface area contributed by atoms with Crippen molar-refractivity contribution in [2.24, 2.45) is 5.92 Å². The Balaban J connectivity index is 1.06. The molecule has 2 unspecified atom stereocenters. The number of benzene rings is 8. The largest absolute Gasteiger partial charge is 0.311 e. The highest BCUT2D eigenvalue weighted by molar-refractivity contribution is 5.82. The minimum absolute atomic E-state index is 0.343. The summed E-state index contributed by atoms with van der Waals surface area (Å²) in [6.07, 6.45) is 8.13. The van der Waals surface area contributed by atoms with Crippen LogP contribution in [0.3, 0.4) is 0 Å². The van der Waals surface area contributed by atoms with Crippen molar-refractivity contribution in [1.29, 1.82) is 0 Å². The van der Waals surface area contributed by atoms with Gasteiger partial charge < -0.3 is 4.90 Å². The third-order valence-electron chi connectivity index (χ3n) is 11.3. The average molecular weight is 732 g/mol. The van der Waals surface area contributed by atoms with Gasteiger partial charge in [-0.2, -0.15) is 0 Å². The van der Waals surface area contributed by atoms with Gasteiger partial charge in [0, 0.05) is 23.0 Å². The number of nitrogens with zero attached hydrogens (tertiary/aromatic N) is 1. The first-order chi connectivity index (χ1) is 28.2. The van der Waals surface area contributed by atoms with Crippen molar-refractivity contribution in [3.63, 3.8) is 0 Å². The Kier molecular flexibility index (Phi) is 10.3. The van der Waals surface area contributed by atoms with Gasteiger partial charge in [-0.3, -0.25) is 0 Å². The molecule has 0 amide bonds. The smallest absolute Gasteiger partial charge is 0.0462 e. The van der Waals surface area contributed by atoms with Gasteiger partial charge in [0.15, 0.2) is 0 Å². The topological polar surface area (TPSA) is 3.24 Å². The van der Waals surface area contributed by atoms with Gasteiger partial charge in [0.2, 0.25) is 0 Å². The van der Waals surface area contributed by atoms with Gasteiger partial charge in [-0.15, -0.1) is 0 Å². The summed E-state index contributed by atoms with van der Waals surface area (Å²) in [4.78, 5) is 2.37. The van der Waals surface area contributed by atoms with Gasteiger partial charge in [-0.1, -0.05) is 189 Å². The van der Waals surface area contributed by atoms with E-state index >= 15 is 0 Å². The molecule has 9 rings (SSSR count). The lowest BCUT2D eigenvalue weighted by molar-refractivity contribution is 0.645. The van der Waals surface area contributed by atoms with E-state index in [1.54, 1.807) is 0 Å². The number of hydrogen-bond donors (Lipinski definition) is 0. The van der Waals surface area contributed by atoms with E-state index in [1.807, 2.05) is 0 Å². The van der Waals surface area contributed by atoms with E-state index in [-0.39, 0.29) is 0 Å². The van der Waals surface area contributed by atoms with Crippen molar-refractivity contribution < 1.29 is 0 Å². The van der Waals surface area contributed by atoms with Gasteiger partial charge in [-0.05, 0) is 122 Å². The van der Waals surface area contributed by atoms with Crippen molar-refractivity contribution in [3.8, 4) is 44.5 Å². The molecule has 0 saturated carbocycles. The second kappa shape index (κ2) is 16.4. The Morgan fingerprint density at radius 3 is 1.18 bits per heavy atom. The summed E-state index contributed by atoms with van der Waals surface area (Å²) in [5, 5.41) is 0. The fourth-order valence-electron chi connectivity index (χ4n) is 8.15. The molecule has 8 aromatic rings. The monoisotopic (exact) mass is 731 g/mol. The van der Waals surface area contributed by atoms with Crippen LogP contribution in [-0.4, -0.2) is 0 Å². The van der Waals surface area contributed by atoms with E-state index < -0.39 is 0 Å². The highest BCUT2D eigenvalue weighted by atomic mass is 15.1. The van der Waals surface area contributed by atoms with Crippen LogP contribution in [0.2, 0.25) is 0 Å². The molecule has 57 heavy (non-hydrogen) atoms. The third kappa shape index (κ3) is 7.92. The molecular weight excluding hydrogens is 687 g/mol. The number of anilines is 3. The fraction of sp³-hybridized carbons (Fsp3) is 0.0714. The second-order valence-corrected chi connectivity index (χ2v) is 15.0. The van der Waals surface area contributed by atoms with E-state index in [0.29, 0.717) is 11.8 Å². The third-order valence-corrected chi connectivity index (χ3v) is 11.3. The number of rotatable bonds is 9. The summed E-state index contributed by atoms with van der Waals surface area (Å²) < 4.78 is 0. The van der Waals surface area contributed by atoms with Crippen LogP contribution in [0.5, 0.6) is 0 Å². The molecule has 1 nitrogen and oxygen atoms in total. The Morgan fingerprint density at radius 1 is 0.368 bits per heavy atom. The zero-order chi connectivity index (χ0) is 38.4. The molecule has 0 fully saturated rings. The van der Waals surface area contributed by atoms with E-state index in [9.17, 15) is 0 Å². The van der Waals surface area contributed by atoms with Gasteiger partial charge in [0.1, 0.15) is 0 Å². The Labute approximate surface area is 337 Å². The highest BCUT2D eigenvalue weighted by Gasteiger charge is 2.20. The van der Waals surface area contributed by atoms with Crippen LogP contribution in [0, 0.1) is 5.92 Å². The van der Waals surface area contributed by atoms with Crippen molar-refractivity contribution in [2.75, 3.05) is 4.90 Å². The quantitative estimate of drug-likeness (QED) is 0.134. The normalized spacial score (nSPS) is 15.1. The minimum atomic E-state index is 0.343. The lowest BCUT2D eigenvalue weighted by atomic mass is 9.86. The first-order valence-corrected chi connectivity index (χ1v) is 20.0. The van der Waals surface area contributed by atoms with Gasteiger partial charge >= 0.3 is 0 Å². The van der Waals surface area contributed by atoms with E-state index in [1.165, 1.54) is 61.2 Å². The molecule has 274 valence electrons. The molecule has 0 aliphatic heterocycles. The first kappa shape index (κ1) is 35.7. The molecule has 2 atom stereocenters. The molecular formula is C56H45N. The molecule has 8 aromatic carbocycles. The lowest BCUT2D eigenvalue weighted by Crippen LogP contribution is -2.10. The van der Waals surface area contributed by atoms with Crippen LogP contribution in [-0.2, 0) is 0 Å². The van der Waals surface area contributed by atoms with Crippen molar-refractivity contribution >= 4 is 22.6 Å². The van der Waals surface area contributed by atoms with Crippen LogP contribution in [0.1, 0.15) is 30.4 Å². The highest BCUT2D eigenvalue weighted by Crippen LogP contribution is 2.40. The summed E-state index contributed by atoms with van der Waals surface area (Å²) in [5.74, 6) is 0.780. The molecule has 1 aliphatic carbocycles. The lowest BCUT2D eigenvalue weighted by Gasteiger charge is -2.26. The van der Waals surface area contributed by atoms with Crippen molar-refractivity contribution in [1.82, 2.24) is 0 Å². The summed E-state index contributed by atoms with van der Waals surface area (Å²) in [7, 11) is 0. The van der Waals surface area contributed by atoms with E-state index in [0.717, 1.165) is 23.5 Å². The SMILES string of the molecule is CC1C=CCC(c2ccc(N(c3ccc(-c4cccc(-c5ccccc5)c4)cc3)c3ccc(-c4cccc(-c5ccccc5)c4)cc3)cc2)=CC1c1ccccc1.